The van der Waals surface area contributed by atoms with Gasteiger partial charge in [-0.15, -0.1) is 0 Å². The first kappa shape index (κ1) is 19.2. The van der Waals surface area contributed by atoms with Crippen molar-refractivity contribution in [3.8, 4) is 5.88 Å². The summed E-state index contributed by atoms with van der Waals surface area (Å²) in [5.74, 6) is -0.267. The van der Waals surface area contributed by atoms with Gasteiger partial charge < -0.3 is 9.47 Å². The molecule has 0 radical (unpaired) electrons. The van der Waals surface area contributed by atoms with E-state index in [1.165, 1.54) is 0 Å². The predicted molar refractivity (Wildman–Crippen MR) is 89.4 cm³/mol. The molecule has 2 aromatic rings. The van der Waals surface area contributed by atoms with E-state index in [2.05, 4.69) is 15.4 Å². The molecule has 146 valence electrons. The van der Waals surface area contributed by atoms with Crippen LogP contribution in [-0.4, -0.2) is 34.1 Å². The predicted octanol–water partition coefficient (Wildman–Crippen LogP) is 4.11. The van der Waals surface area contributed by atoms with E-state index in [0.29, 0.717) is 12.8 Å². The molecule has 27 heavy (non-hydrogen) atoms. The maximum absolute atomic E-state index is 12.7. The first-order chi connectivity index (χ1) is 12.9. The first-order valence-electron chi connectivity index (χ1n) is 8.80. The zero-order chi connectivity index (χ0) is 19.4. The van der Waals surface area contributed by atoms with Crippen LogP contribution in [0.4, 0.5) is 13.2 Å². The number of rotatable bonds is 5. The first-order valence-corrected chi connectivity index (χ1v) is 8.80. The summed E-state index contributed by atoms with van der Waals surface area (Å²) < 4.78 is 48.7. The molecule has 1 fully saturated rings. The lowest BCUT2D eigenvalue weighted by atomic mass is 9.82. The highest BCUT2D eigenvalue weighted by Gasteiger charge is 2.31. The Morgan fingerprint density at radius 2 is 1.85 bits per heavy atom. The number of esters is 1. The number of alkyl halides is 3. The number of carbonyl (C=O) groups is 1. The lowest BCUT2D eigenvalue weighted by molar-refractivity contribution is -0.137. The Morgan fingerprint density at radius 1 is 1.19 bits per heavy atom. The van der Waals surface area contributed by atoms with Gasteiger partial charge in [-0.3, -0.25) is 0 Å². The molecule has 6 nitrogen and oxygen atoms in total. The van der Waals surface area contributed by atoms with Crippen LogP contribution in [0.15, 0.2) is 24.3 Å². The monoisotopic (exact) mass is 383 g/mol. The summed E-state index contributed by atoms with van der Waals surface area (Å²) in [6, 6.07) is 5.34. The van der Waals surface area contributed by atoms with Crippen molar-refractivity contribution in [3.63, 3.8) is 0 Å². The maximum atomic E-state index is 12.7. The number of H-pyrrole nitrogens is 1. The van der Waals surface area contributed by atoms with Crippen molar-refractivity contribution >= 4 is 5.97 Å². The van der Waals surface area contributed by atoms with Crippen LogP contribution in [-0.2, 0) is 10.9 Å². The van der Waals surface area contributed by atoms with E-state index in [-0.39, 0.29) is 30.2 Å². The average molecular weight is 383 g/mol. The number of aromatic nitrogens is 3. The number of ether oxygens (including phenoxy) is 2. The number of nitrogens with zero attached hydrogens (tertiary/aromatic N) is 2. The second kappa shape index (κ2) is 7.98. The van der Waals surface area contributed by atoms with Gasteiger partial charge >= 0.3 is 12.1 Å². The number of aromatic amines is 1. The lowest BCUT2D eigenvalue weighted by Crippen LogP contribution is -2.24. The number of nitrogens with one attached hydrogen (secondary N) is 1. The number of carbonyl (C=O) groups excluding carboxylic acids is 1. The molecule has 1 aromatic carbocycles. The van der Waals surface area contributed by atoms with Gasteiger partial charge in [0, 0.05) is 0 Å². The Hall–Kier alpha value is -2.58. The molecule has 0 atom stereocenters. The van der Waals surface area contributed by atoms with Crippen molar-refractivity contribution in [2.75, 3.05) is 6.61 Å². The summed E-state index contributed by atoms with van der Waals surface area (Å²) in [6.07, 6.45) is -1.47. The SMILES string of the molecule is CCOC(=O)c1[nH]nnc1O[C@H]1CC[C@@H](c2ccc(C(F)(F)F)cc2)CC1. The quantitative estimate of drug-likeness (QED) is 0.787. The highest BCUT2D eigenvalue weighted by atomic mass is 19.4. The summed E-state index contributed by atoms with van der Waals surface area (Å²) in [5, 5.41) is 9.86. The van der Waals surface area contributed by atoms with Gasteiger partial charge in [0.1, 0.15) is 6.10 Å². The normalized spacial score (nSPS) is 20.3. The van der Waals surface area contributed by atoms with Gasteiger partial charge in [-0.25, -0.2) is 9.89 Å². The fraction of sp³-hybridized carbons (Fsp3) is 0.500. The summed E-state index contributed by atoms with van der Waals surface area (Å²) in [5.41, 5.74) is 0.345. The zero-order valence-electron chi connectivity index (χ0n) is 14.8. The molecular formula is C18H20F3N3O3. The minimum atomic E-state index is -4.32. The maximum Gasteiger partial charge on any atom is 0.416 e. The topological polar surface area (TPSA) is 77.1 Å². The molecule has 1 aromatic heterocycles. The standard InChI is InChI=1S/C18H20F3N3O3/c1-2-26-17(25)15-16(23-24-22-15)27-14-9-5-12(6-10-14)11-3-7-13(8-4-11)18(19,20)21/h3-4,7-8,12,14H,2,5-6,9-10H2,1H3,(H,22,23,24)/t12-,14+. The molecule has 1 aliphatic carbocycles. The number of hydrogen-bond acceptors (Lipinski definition) is 5. The largest absolute Gasteiger partial charge is 0.472 e. The fourth-order valence-electron chi connectivity index (χ4n) is 3.25. The lowest BCUT2D eigenvalue weighted by Gasteiger charge is -2.28. The minimum absolute atomic E-state index is 0.0849. The fourth-order valence-corrected chi connectivity index (χ4v) is 3.25. The van der Waals surface area contributed by atoms with E-state index in [1.807, 2.05) is 0 Å². The van der Waals surface area contributed by atoms with E-state index in [4.69, 9.17) is 9.47 Å². The van der Waals surface area contributed by atoms with Crippen molar-refractivity contribution < 1.29 is 27.4 Å². The van der Waals surface area contributed by atoms with Crippen LogP contribution >= 0.6 is 0 Å². The molecule has 1 N–H and O–H groups in total. The van der Waals surface area contributed by atoms with E-state index in [0.717, 1.165) is 30.5 Å². The van der Waals surface area contributed by atoms with Gasteiger partial charge in [0.2, 0.25) is 5.69 Å². The van der Waals surface area contributed by atoms with E-state index in [9.17, 15) is 18.0 Å². The second-order valence-electron chi connectivity index (χ2n) is 6.42. The molecule has 0 spiro atoms. The zero-order valence-corrected chi connectivity index (χ0v) is 14.8. The summed E-state index contributed by atoms with van der Waals surface area (Å²) >= 11 is 0. The molecule has 0 unspecified atom stereocenters. The van der Waals surface area contributed by atoms with Gasteiger partial charge in [-0.2, -0.15) is 13.2 Å². The Kier molecular flexibility index (Phi) is 5.67. The molecule has 0 amide bonds. The highest BCUT2D eigenvalue weighted by molar-refractivity contribution is 5.89. The van der Waals surface area contributed by atoms with Gasteiger partial charge in [0.05, 0.1) is 12.2 Å². The summed E-state index contributed by atoms with van der Waals surface area (Å²) in [4.78, 5) is 11.8. The molecule has 1 heterocycles. The Bertz CT molecular complexity index is 766. The Morgan fingerprint density at radius 3 is 2.44 bits per heavy atom. The van der Waals surface area contributed by atoms with Crippen LogP contribution in [0.3, 0.4) is 0 Å². The van der Waals surface area contributed by atoms with Gasteiger partial charge in [0.25, 0.3) is 5.88 Å². The molecule has 9 heteroatoms. The van der Waals surface area contributed by atoms with Crippen LogP contribution in [0.1, 0.15) is 60.1 Å². The van der Waals surface area contributed by atoms with E-state index < -0.39 is 17.7 Å². The average Bonchev–Trinajstić information content (AvgIpc) is 3.10. The Labute approximate surface area is 154 Å². The molecule has 0 aliphatic heterocycles. The summed E-state index contributed by atoms with van der Waals surface area (Å²) in [7, 11) is 0. The van der Waals surface area contributed by atoms with Crippen molar-refractivity contribution in [1.29, 1.82) is 0 Å². The van der Waals surface area contributed by atoms with Crippen molar-refractivity contribution in [3.05, 3.63) is 41.1 Å². The highest BCUT2D eigenvalue weighted by Crippen LogP contribution is 2.36. The Balaban J connectivity index is 1.57. The van der Waals surface area contributed by atoms with Crippen LogP contribution in [0.2, 0.25) is 0 Å². The van der Waals surface area contributed by atoms with Crippen molar-refractivity contribution in [2.45, 2.75) is 50.8 Å². The summed E-state index contributed by atoms with van der Waals surface area (Å²) in [6.45, 7) is 1.93. The molecular weight excluding hydrogens is 363 g/mol. The minimum Gasteiger partial charge on any atom is -0.472 e. The van der Waals surface area contributed by atoms with Crippen molar-refractivity contribution in [2.24, 2.45) is 0 Å². The third kappa shape index (κ3) is 4.58. The molecule has 1 saturated carbocycles. The molecule has 3 rings (SSSR count). The third-order valence-electron chi connectivity index (χ3n) is 4.66. The van der Waals surface area contributed by atoms with E-state index >= 15 is 0 Å². The van der Waals surface area contributed by atoms with Crippen LogP contribution < -0.4 is 4.74 Å². The number of benzene rings is 1. The van der Waals surface area contributed by atoms with Gasteiger partial charge in [-0.05, 0) is 56.2 Å². The van der Waals surface area contributed by atoms with Gasteiger partial charge in [0.15, 0.2) is 0 Å². The van der Waals surface area contributed by atoms with Crippen LogP contribution in [0.5, 0.6) is 5.88 Å². The number of hydrogen-bond donors (Lipinski definition) is 1. The number of halogens is 3. The second-order valence-corrected chi connectivity index (χ2v) is 6.42. The third-order valence-corrected chi connectivity index (χ3v) is 4.66. The molecule has 1 aliphatic rings. The molecule has 0 saturated heterocycles. The smallest absolute Gasteiger partial charge is 0.416 e. The van der Waals surface area contributed by atoms with Crippen molar-refractivity contribution in [1.82, 2.24) is 15.4 Å². The van der Waals surface area contributed by atoms with Crippen LogP contribution in [0.25, 0.3) is 0 Å². The van der Waals surface area contributed by atoms with Crippen LogP contribution in [0, 0.1) is 0 Å². The van der Waals surface area contributed by atoms with E-state index in [1.54, 1.807) is 19.1 Å². The van der Waals surface area contributed by atoms with Gasteiger partial charge in [-0.1, -0.05) is 22.4 Å². The molecule has 0 bridgehead atoms.